The number of halogens is 1. The van der Waals surface area contributed by atoms with E-state index in [0.717, 1.165) is 5.69 Å². The van der Waals surface area contributed by atoms with Crippen LogP contribution in [-0.4, -0.2) is 20.8 Å². The minimum Gasteiger partial charge on any atom is -0.456 e. The third-order valence-corrected chi connectivity index (χ3v) is 4.75. The van der Waals surface area contributed by atoms with Crippen LogP contribution in [-0.2, 0) is 5.41 Å². The molecule has 0 saturated carbocycles. The summed E-state index contributed by atoms with van der Waals surface area (Å²) in [7, 11) is 0. The number of anilines is 2. The van der Waals surface area contributed by atoms with E-state index in [0.29, 0.717) is 28.7 Å². The Labute approximate surface area is 191 Å². The molecule has 0 saturated heterocycles. The molecule has 33 heavy (non-hydrogen) atoms. The van der Waals surface area contributed by atoms with Crippen molar-refractivity contribution in [3.05, 3.63) is 90.6 Å². The van der Waals surface area contributed by atoms with Crippen molar-refractivity contribution in [2.45, 2.75) is 26.2 Å². The quantitative estimate of drug-likeness (QED) is 0.387. The third-order valence-electron chi connectivity index (χ3n) is 4.75. The molecule has 0 aliphatic heterocycles. The van der Waals surface area contributed by atoms with E-state index >= 15 is 0 Å². The number of aromatic nitrogens is 3. The van der Waals surface area contributed by atoms with Crippen molar-refractivity contribution in [3.8, 4) is 17.2 Å². The molecular formula is C25H24FN5O2. The predicted molar refractivity (Wildman–Crippen MR) is 126 cm³/mol. The number of pyridine rings is 1. The van der Waals surface area contributed by atoms with E-state index in [1.165, 1.54) is 16.8 Å². The van der Waals surface area contributed by atoms with Crippen molar-refractivity contribution >= 4 is 17.5 Å². The van der Waals surface area contributed by atoms with Gasteiger partial charge in [0, 0.05) is 23.4 Å². The molecule has 0 bridgehead atoms. The largest absolute Gasteiger partial charge is 0.456 e. The Kier molecular flexibility index (Phi) is 6.08. The lowest BCUT2D eigenvalue weighted by molar-refractivity contribution is 0.262. The molecule has 2 aromatic heterocycles. The lowest BCUT2D eigenvalue weighted by Crippen LogP contribution is -2.21. The summed E-state index contributed by atoms with van der Waals surface area (Å²) < 4.78 is 21.0. The number of amides is 2. The Morgan fingerprint density at radius 3 is 2.42 bits per heavy atom. The fourth-order valence-electron chi connectivity index (χ4n) is 3.07. The lowest BCUT2D eigenvalue weighted by Gasteiger charge is -2.14. The van der Waals surface area contributed by atoms with Crippen LogP contribution < -0.4 is 15.4 Å². The van der Waals surface area contributed by atoms with Gasteiger partial charge in [-0.25, -0.2) is 13.9 Å². The van der Waals surface area contributed by atoms with Crippen LogP contribution in [0.5, 0.6) is 11.5 Å². The van der Waals surface area contributed by atoms with Gasteiger partial charge in [0.15, 0.2) is 0 Å². The summed E-state index contributed by atoms with van der Waals surface area (Å²) in [5.74, 6) is 1.29. The monoisotopic (exact) mass is 445 g/mol. The summed E-state index contributed by atoms with van der Waals surface area (Å²) in [4.78, 5) is 16.7. The van der Waals surface area contributed by atoms with Gasteiger partial charge in [0.25, 0.3) is 0 Å². The standard InChI is InChI=1S/C25H24FN5O2/c1-25(2,3)22-15-23(31(30-22)19-7-4-6-17(26)14-19)29-24(32)28-18-9-11-20(12-10-18)33-21-8-5-13-27-16-21/h4-16H,1-3H3,(H2,28,29,32). The highest BCUT2D eigenvalue weighted by atomic mass is 19.1. The fraction of sp³-hybridized carbons (Fsp3) is 0.160. The second-order valence-electron chi connectivity index (χ2n) is 8.45. The van der Waals surface area contributed by atoms with Crippen molar-refractivity contribution in [2.24, 2.45) is 0 Å². The van der Waals surface area contributed by atoms with Gasteiger partial charge < -0.3 is 10.1 Å². The lowest BCUT2D eigenvalue weighted by atomic mass is 9.92. The second-order valence-corrected chi connectivity index (χ2v) is 8.45. The van der Waals surface area contributed by atoms with E-state index in [4.69, 9.17) is 4.74 Å². The molecular weight excluding hydrogens is 421 g/mol. The summed E-state index contributed by atoms with van der Waals surface area (Å²) in [6.07, 6.45) is 3.29. The predicted octanol–water partition coefficient (Wildman–Crippen LogP) is 6.14. The minimum absolute atomic E-state index is 0.254. The van der Waals surface area contributed by atoms with E-state index in [9.17, 15) is 9.18 Å². The summed E-state index contributed by atoms with van der Waals surface area (Å²) >= 11 is 0. The Balaban J connectivity index is 1.49. The molecule has 4 rings (SSSR count). The molecule has 168 valence electrons. The zero-order valence-electron chi connectivity index (χ0n) is 18.5. The highest BCUT2D eigenvalue weighted by Crippen LogP contribution is 2.27. The molecule has 2 aromatic carbocycles. The van der Waals surface area contributed by atoms with E-state index in [-0.39, 0.29) is 11.2 Å². The molecule has 0 spiro atoms. The van der Waals surface area contributed by atoms with Gasteiger partial charge in [-0.05, 0) is 54.6 Å². The Hall–Kier alpha value is -4.20. The molecule has 0 aliphatic carbocycles. The van der Waals surface area contributed by atoms with Gasteiger partial charge in [-0.1, -0.05) is 26.8 Å². The van der Waals surface area contributed by atoms with E-state index in [2.05, 4.69) is 20.7 Å². The molecule has 7 nitrogen and oxygen atoms in total. The highest BCUT2D eigenvalue weighted by Gasteiger charge is 2.21. The van der Waals surface area contributed by atoms with Gasteiger partial charge in [-0.3, -0.25) is 10.3 Å². The molecule has 2 N–H and O–H groups in total. The number of ether oxygens (including phenoxy) is 1. The number of benzene rings is 2. The fourth-order valence-corrected chi connectivity index (χ4v) is 3.07. The topological polar surface area (TPSA) is 81.1 Å². The zero-order chi connectivity index (χ0) is 23.4. The highest BCUT2D eigenvalue weighted by molar-refractivity contribution is 5.99. The Morgan fingerprint density at radius 2 is 1.76 bits per heavy atom. The molecule has 2 amide bonds. The average molecular weight is 445 g/mol. The molecule has 0 atom stereocenters. The van der Waals surface area contributed by atoms with Crippen molar-refractivity contribution in [2.75, 3.05) is 10.6 Å². The molecule has 0 aliphatic rings. The summed E-state index contributed by atoms with van der Waals surface area (Å²) in [6.45, 7) is 6.05. The van der Waals surface area contributed by atoms with Crippen molar-refractivity contribution in [1.29, 1.82) is 0 Å². The van der Waals surface area contributed by atoms with Crippen LogP contribution >= 0.6 is 0 Å². The molecule has 0 radical (unpaired) electrons. The first-order chi connectivity index (χ1) is 15.8. The van der Waals surface area contributed by atoms with Gasteiger partial charge in [0.2, 0.25) is 0 Å². The zero-order valence-corrected chi connectivity index (χ0v) is 18.5. The SMILES string of the molecule is CC(C)(C)c1cc(NC(=O)Nc2ccc(Oc3cccnc3)cc2)n(-c2cccc(F)c2)n1. The van der Waals surface area contributed by atoms with Crippen LogP contribution in [0, 0.1) is 5.82 Å². The Bertz CT molecular complexity index is 1250. The summed E-state index contributed by atoms with van der Waals surface area (Å²) in [5.41, 5.74) is 1.60. The van der Waals surface area contributed by atoms with Crippen LogP contribution in [0.15, 0.2) is 79.1 Å². The number of carbonyl (C=O) groups excluding carboxylic acids is 1. The maximum absolute atomic E-state index is 13.8. The maximum atomic E-state index is 13.8. The van der Waals surface area contributed by atoms with Crippen molar-refractivity contribution in [3.63, 3.8) is 0 Å². The summed E-state index contributed by atoms with van der Waals surface area (Å²) in [6, 6.07) is 17.9. The number of urea groups is 1. The van der Waals surface area contributed by atoms with Crippen LogP contribution in [0.3, 0.4) is 0 Å². The van der Waals surface area contributed by atoms with Crippen molar-refractivity contribution in [1.82, 2.24) is 14.8 Å². The maximum Gasteiger partial charge on any atom is 0.324 e. The number of carbonyl (C=O) groups is 1. The van der Waals surface area contributed by atoms with Crippen LogP contribution in [0.1, 0.15) is 26.5 Å². The van der Waals surface area contributed by atoms with Gasteiger partial charge in [-0.15, -0.1) is 0 Å². The smallest absolute Gasteiger partial charge is 0.324 e. The number of hydrogen-bond acceptors (Lipinski definition) is 4. The number of rotatable bonds is 5. The van der Waals surface area contributed by atoms with Gasteiger partial charge in [0.1, 0.15) is 23.1 Å². The van der Waals surface area contributed by atoms with E-state index < -0.39 is 6.03 Å². The van der Waals surface area contributed by atoms with Crippen molar-refractivity contribution < 1.29 is 13.9 Å². The van der Waals surface area contributed by atoms with E-state index in [1.54, 1.807) is 67.0 Å². The van der Waals surface area contributed by atoms with Crippen LogP contribution in [0.2, 0.25) is 0 Å². The van der Waals surface area contributed by atoms with Gasteiger partial charge >= 0.3 is 6.03 Å². The normalized spacial score (nSPS) is 11.2. The second kappa shape index (κ2) is 9.12. The number of nitrogens with one attached hydrogen (secondary N) is 2. The Morgan fingerprint density at radius 1 is 0.970 bits per heavy atom. The third kappa shape index (κ3) is 5.54. The summed E-state index contributed by atoms with van der Waals surface area (Å²) in [5, 5.41) is 10.2. The molecule has 2 heterocycles. The van der Waals surface area contributed by atoms with Crippen LogP contribution in [0.4, 0.5) is 20.7 Å². The van der Waals surface area contributed by atoms with E-state index in [1.807, 2.05) is 20.8 Å². The molecule has 0 fully saturated rings. The molecule has 0 unspecified atom stereocenters. The van der Waals surface area contributed by atoms with Gasteiger partial charge in [-0.2, -0.15) is 5.10 Å². The first-order valence-electron chi connectivity index (χ1n) is 10.4. The molecule has 8 heteroatoms. The van der Waals surface area contributed by atoms with Gasteiger partial charge in [0.05, 0.1) is 17.6 Å². The molecule has 4 aromatic rings. The minimum atomic E-state index is -0.450. The first kappa shape index (κ1) is 22.0. The van der Waals surface area contributed by atoms with Crippen LogP contribution in [0.25, 0.3) is 5.69 Å². The first-order valence-corrected chi connectivity index (χ1v) is 10.4. The number of nitrogens with zero attached hydrogens (tertiary/aromatic N) is 3. The number of hydrogen-bond donors (Lipinski definition) is 2. The average Bonchev–Trinajstić information content (AvgIpc) is 3.20.